The molecule has 0 unspecified atom stereocenters. The van der Waals surface area contributed by atoms with E-state index in [-0.39, 0.29) is 74.9 Å². The first kappa shape index (κ1) is 26.4. The van der Waals surface area contributed by atoms with Crippen LogP contribution < -0.4 is 62.3 Å². The fraction of sp³-hybridized carbons (Fsp3) is 0.143. The van der Waals surface area contributed by atoms with Gasteiger partial charge in [0, 0.05) is 10.5 Å². The number of hydrogen-bond donors (Lipinski definition) is 2. The van der Waals surface area contributed by atoms with Crippen LogP contribution in [0.4, 0.5) is 17.3 Å². The summed E-state index contributed by atoms with van der Waals surface area (Å²) in [5.74, 6) is -0.600. The van der Waals surface area contributed by atoms with Gasteiger partial charge in [-0.1, -0.05) is 54.9 Å². The first-order valence-corrected chi connectivity index (χ1v) is 6.57. The molecule has 24 heavy (non-hydrogen) atoms. The summed E-state index contributed by atoms with van der Waals surface area (Å²) >= 11 is 5.43. The largest absolute Gasteiger partial charge is 1.00 e. The fourth-order valence-corrected chi connectivity index (χ4v) is 1.83. The maximum atomic E-state index is 12.5. The molecule has 2 aromatic rings. The quantitative estimate of drug-likeness (QED) is 0.555. The predicted molar refractivity (Wildman–Crippen MR) is 87.9 cm³/mol. The normalized spacial score (nSPS) is 9.83. The van der Waals surface area contributed by atoms with Gasteiger partial charge in [0.1, 0.15) is 5.82 Å². The summed E-state index contributed by atoms with van der Waals surface area (Å²) in [5, 5.41) is 17.2. The third-order valence-corrected chi connectivity index (χ3v) is 3.01. The Kier molecular flexibility index (Phi) is 12.8. The van der Waals surface area contributed by atoms with Gasteiger partial charge in [0.05, 0.1) is 0 Å². The van der Waals surface area contributed by atoms with Crippen LogP contribution in [0, 0.1) is 12.7 Å². The molecule has 10 heteroatoms. The van der Waals surface area contributed by atoms with Crippen molar-refractivity contribution in [3.63, 3.8) is 0 Å². The molecule has 0 spiro atoms. The maximum absolute atomic E-state index is 12.5. The van der Waals surface area contributed by atoms with Crippen molar-refractivity contribution in [3.8, 4) is 0 Å². The molecule has 0 radical (unpaired) electrons. The van der Waals surface area contributed by atoms with E-state index in [1.165, 1.54) is 43.3 Å². The summed E-state index contributed by atoms with van der Waals surface area (Å²) in [4.78, 5) is 0. The Labute approximate surface area is 186 Å². The van der Waals surface area contributed by atoms with Crippen molar-refractivity contribution in [2.45, 2.75) is 14.4 Å². The van der Waals surface area contributed by atoms with E-state index in [1.807, 2.05) is 0 Å². The Morgan fingerprint density at radius 1 is 1.04 bits per heavy atom. The molecule has 0 aromatic heterocycles. The van der Waals surface area contributed by atoms with Gasteiger partial charge in [-0.2, -0.15) is 0 Å². The number of hydrogen-bond acceptors (Lipinski definition) is 2. The van der Waals surface area contributed by atoms with E-state index < -0.39 is 25.4 Å². The predicted octanol–water partition coefficient (Wildman–Crippen LogP) is -0.152. The van der Waals surface area contributed by atoms with Gasteiger partial charge in [-0.3, -0.25) is 0 Å². The SMILES string of the molecule is C.Cc1ccc(Cl)cc1[B-](F)(F)F.OB(O)c1ccccc1F.[K+]. The molecule has 0 saturated heterocycles. The molecule has 0 saturated carbocycles. The van der Waals surface area contributed by atoms with Crippen LogP contribution >= 0.6 is 11.6 Å². The van der Waals surface area contributed by atoms with E-state index in [1.54, 1.807) is 0 Å². The summed E-state index contributed by atoms with van der Waals surface area (Å²) in [5.41, 5.74) is -0.489. The van der Waals surface area contributed by atoms with E-state index in [4.69, 9.17) is 21.6 Å². The number of rotatable bonds is 2. The molecular weight excluding hydrogens is 372 g/mol. The zero-order chi connectivity index (χ0) is 16.9. The van der Waals surface area contributed by atoms with E-state index >= 15 is 0 Å². The van der Waals surface area contributed by atoms with Gasteiger partial charge in [0.15, 0.2) is 0 Å². The zero-order valence-electron chi connectivity index (χ0n) is 12.5. The topological polar surface area (TPSA) is 40.5 Å². The van der Waals surface area contributed by atoms with Crippen molar-refractivity contribution in [3.05, 3.63) is 58.9 Å². The van der Waals surface area contributed by atoms with E-state index in [2.05, 4.69) is 0 Å². The second-order valence-electron chi connectivity index (χ2n) is 4.47. The van der Waals surface area contributed by atoms with Gasteiger partial charge in [-0.05, 0) is 19.1 Å². The first-order valence-electron chi connectivity index (χ1n) is 6.19. The van der Waals surface area contributed by atoms with E-state index in [0.717, 1.165) is 6.07 Å². The first-order chi connectivity index (χ1) is 10.1. The maximum Gasteiger partial charge on any atom is 1.00 e. The minimum atomic E-state index is -4.93. The van der Waals surface area contributed by atoms with Crippen LogP contribution in [-0.4, -0.2) is 24.1 Å². The number of halogens is 5. The van der Waals surface area contributed by atoms with Crippen LogP contribution in [0.15, 0.2) is 42.5 Å². The monoisotopic (exact) mass is 388 g/mol. The third-order valence-electron chi connectivity index (χ3n) is 2.78. The molecule has 0 aliphatic carbocycles. The molecule has 0 bridgehead atoms. The zero-order valence-corrected chi connectivity index (χ0v) is 16.4. The van der Waals surface area contributed by atoms with Crippen LogP contribution in [0.3, 0.4) is 0 Å². The summed E-state index contributed by atoms with van der Waals surface area (Å²) < 4.78 is 49.2. The van der Waals surface area contributed by atoms with Crippen molar-refractivity contribution in [2.75, 3.05) is 0 Å². The Bertz CT molecular complexity index is 642. The smallest absolute Gasteiger partial charge is 0.445 e. The minimum absolute atomic E-state index is 0. The van der Waals surface area contributed by atoms with Gasteiger partial charge < -0.3 is 23.0 Å². The molecule has 126 valence electrons. The van der Waals surface area contributed by atoms with E-state index in [9.17, 15) is 17.3 Å². The van der Waals surface area contributed by atoms with Crippen molar-refractivity contribution in [2.24, 2.45) is 0 Å². The van der Waals surface area contributed by atoms with Crippen LogP contribution in [-0.2, 0) is 0 Å². The molecule has 0 aliphatic heterocycles. The molecule has 0 amide bonds. The van der Waals surface area contributed by atoms with Crippen LogP contribution in [0.1, 0.15) is 13.0 Å². The van der Waals surface area contributed by atoms with Gasteiger partial charge >= 0.3 is 65.5 Å². The van der Waals surface area contributed by atoms with Gasteiger partial charge in [-0.15, -0.1) is 5.46 Å². The Morgan fingerprint density at radius 2 is 1.58 bits per heavy atom. The number of aryl methyl sites for hydroxylation is 1. The van der Waals surface area contributed by atoms with Crippen molar-refractivity contribution in [1.82, 2.24) is 0 Å². The van der Waals surface area contributed by atoms with Gasteiger partial charge in [0.2, 0.25) is 0 Å². The van der Waals surface area contributed by atoms with Gasteiger partial charge in [0.25, 0.3) is 0 Å². The molecule has 0 aliphatic rings. The molecule has 2 aromatic carbocycles. The molecule has 0 atom stereocenters. The molecule has 2 nitrogen and oxygen atoms in total. The Morgan fingerprint density at radius 3 is 1.96 bits per heavy atom. The Balaban J connectivity index is 0. The summed E-state index contributed by atoms with van der Waals surface area (Å²) in [6.45, 7) is -3.52. The Hall–Kier alpha value is 0.136. The number of benzene rings is 2. The third kappa shape index (κ3) is 8.49. The van der Waals surface area contributed by atoms with Crippen molar-refractivity contribution in [1.29, 1.82) is 0 Å². The summed E-state index contributed by atoms with van der Waals surface area (Å²) in [6, 6.07) is 9.29. The molecule has 0 heterocycles. The standard InChI is InChI=1S/C7H6BClF3.C6H6BFO2.CH4.K/c1-5-2-3-6(9)4-7(5)8(10,11)12;8-6-4-2-1-3-5(6)7(9)10;;/h2-4H,1H3;1-4,9-10H;1H4;/q-1;;;+1. The van der Waals surface area contributed by atoms with Crippen molar-refractivity contribution < 1.29 is 78.8 Å². The van der Waals surface area contributed by atoms with Crippen LogP contribution in [0.2, 0.25) is 5.02 Å². The van der Waals surface area contributed by atoms with Gasteiger partial charge in [-0.25, -0.2) is 4.39 Å². The second-order valence-corrected chi connectivity index (χ2v) is 4.91. The minimum Gasteiger partial charge on any atom is -0.445 e. The summed E-state index contributed by atoms with van der Waals surface area (Å²) in [6.07, 6.45) is 0. The molecule has 2 rings (SSSR count). The molecular formula is C14H16B2ClF4KO2. The van der Waals surface area contributed by atoms with E-state index in [0.29, 0.717) is 0 Å². The van der Waals surface area contributed by atoms with Crippen LogP contribution in [0.5, 0.6) is 0 Å². The average molecular weight is 388 g/mol. The fourth-order valence-electron chi connectivity index (χ4n) is 1.65. The molecule has 2 N–H and O–H groups in total. The van der Waals surface area contributed by atoms with Crippen LogP contribution in [0.25, 0.3) is 0 Å². The second kappa shape index (κ2) is 11.7. The summed E-state index contributed by atoms with van der Waals surface area (Å²) in [7, 11) is -1.72. The molecule has 0 fully saturated rings. The van der Waals surface area contributed by atoms with Crippen molar-refractivity contribution >= 4 is 36.6 Å². The average Bonchev–Trinajstić information content (AvgIpc) is 2.41.